The van der Waals surface area contributed by atoms with E-state index in [0.29, 0.717) is 12.5 Å². The van der Waals surface area contributed by atoms with E-state index in [1.54, 1.807) is 13.4 Å². The van der Waals surface area contributed by atoms with E-state index in [4.69, 9.17) is 9.47 Å². The fourth-order valence-electron chi connectivity index (χ4n) is 3.74. The Bertz CT molecular complexity index is 710. The molecule has 7 heteroatoms. The summed E-state index contributed by atoms with van der Waals surface area (Å²) in [5, 5.41) is 0. The molecule has 0 bridgehead atoms. The van der Waals surface area contributed by atoms with E-state index in [1.807, 2.05) is 24.4 Å². The monoisotopic (exact) mass is 341 g/mol. The molecule has 4 rings (SSSR count). The second-order valence-corrected chi connectivity index (χ2v) is 6.58. The van der Waals surface area contributed by atoms with E-state index in [-0.39, 0.29) is 5.60 Å². The van der Waals surface area contributed by atoms with Gasteiger partial charge in [0.05, 0.1) is 26.8 Å². The Morgan fingerprint density at radius 3 is 2.76 bits per heavy atom. The van der Waals surface area contributed by atoms with E-state index in [9.17, 15) is 0 Å². The number of morpholine rings is 1. The zero-order chi connectivity index (χ0) is 17.1. The molecular formula is C18H23N5O2. The summed E-state index contributed by atoms with van der Waals surface area (Å²) in [6.45, 7) is 4.20. The predicted octanol–water partition coefficient (Wildman–Crippen LogP) is 1.76. The number of anilines is 2. The maximum absolute atomic E-state index is 6.28. The summed E-state index contributed by atoms with van der Waals surface area (Å²) in [7, 11) is 1.62. The molecule has 0 aromatic carbocycles. The number of hydrogen-bond acceptors (Lipinski definition) is 7. The zero-order valence-corrected chi connectivity index (χ0v) is 14.5. The second-order valence-electron chi connectivity index (χ2n) is 6.58. The average molecular weight is 341 g/mol. The maximum atomic E-state index is 6.28. The highest BCUT2D eigenvalue weighted by atomic mass is 16.5. The van der Waals surface area contributed by atoms with E-state index >= 15 is 0 Å². The van der Waals surface area contributed by atoms with Crippen molar-refractivity contribution in [1.29, 1.82) is 0 Å². The third-order valence-electron chi connectivity index (χ3n) is 4.92. The molecule has 0 radical (unpaired) electrons. The summed E-state index contributed by atoms with van der Waals surface area (Å²) in [4.78, 5) is 17.6. The van der Waals surface area contributed by atoms with Gasteiger partial charge in [-0.1, -0.05) is 6.07 Å². The summed E-state index contributed by atoms with van der Waals surface area (Å²) in [6, 6.07) is 7.93. The third kappa shape index (κ3) is 3.37. The molecule has 2 aliphatic heterocycles. The number of nitrogens with zero attached hydrogens (tertiary/aromatic N) is 5. The van der Waals surface area contributed by atoms with Gasteiger partial charge in [0.25, 0.3) is 0 Å². The standard InChI is InChI=1S/C18H23N5O2/c1-24-17-11-16(20-14-21-17)23-9-10-25-18(13-23)6-4-8-22(12-18)15-5-2-3-7-19-15/h2-3,5,7,11,14H,4,6,8-10,12-13H2,1H3/t18-/m1/s1. The van der Waals surface area contributed by atoms with Crippen LogP contribution in [0.25, 0.3) is 0 Å². The highest BCUT2D eigenvalue weighted by molar-refractivity contribution is 5.44. The lowest BCUT2D eigenvalue weighted by Gasteiger charge is -2.48. The molecule has 2 aromatic rings. The number of piperidine rings is 1. The van der Waals surface area contributed by atoms with E-state index in [1.165, 1.54) is 0 Å². The summed E-state index contributed by atoms with van der Waals surface area (Å²) in [5.41, 5.74) is -0.188. The van der Waals surface area contributed by atoms with Crippen LogP contribution in [0.4, 0.5) is 11.6 Å². The van der Waals surface area contributed by atoms with Crippen molar-refractivity contribution in [3.05, 3.63) is 36.8 Å². The molecule has 0 unspecified atom stereocenters. The molecule has 132 valence electrons. The van der Waals surface area contributed by atoms with Crippen molar-refractivity contribution in [2.75, 3.05) is 49.7 Å². The number of rotatable bonds is 3. The minimum atomic E-state index is -0.188. The van der Waals surface area contributed by atoms with Gasteiger partial charge < -0.3 is 19.3 Å². The molecule has 4 heterocycles. The van der Waals surface area contributed by atoms with Crippen LogP contribution in [0, 0.1) is 0 Å². The SMILES string of the molecule is COc1cc(N2CCO[C@@]3(CCCN(c4ccccn4)C3)C2)ncn1. The number of methoxy groups -OCH3 is 1. The predicted molar refractivity (Wildman–Crippen MR) is 95.2 cm³/mol. The van der Waals surface area contributed by atoms with Crippen molar-refractivity contribution >= 4 is 11.6 Å². The van der Waals surface area contributed by atoms with Gasteiger partial charge in [0.2, 0.25) is 5.88 Å². The minimum absolute atomic E-state index is 0.188. The van der Waals surface area contributed by atoms with E-state index < -0.39 is 0 Å². The van der Waals surface area contributed by atoms with Crippen molar-refractivity contribution in [2.45, 2.75) is 18.4 Å². The van der Waals surface area contributed by atoms with Crippen LogP contribution in [0.15, 0.2) is 36.8 Å². The molecule has 25 heavy (non-hydrogen) atoms. The van der Waals surface area contributed by atoms with Gasteiger partial charge in [-0.15, -0.1) is 0 Å². The van der Waals surface area contributed by atoms with Crippen LogP contribution in [0.3, 0.4) is 0 Å². The first-order valence-corrected chi connectivity index (χ1v) is 8.69. The molecule has 0 amide bonds. The van der Waals surface area contributed by atoms with Gasteiger partial charge in [-0.2, -0.15) is 0 Å². The second kappa shape index (κ2) is 6.84. The Kier molecular flexibility index (Phi) is 4.40. The number of pyridine rings is 1. The summed E-state index contributed by atoms with van der Waals surface area (Å²) < 4.78 is 11.5. The van der Waals surface area contributed by atoms with Crippen LogP contribution in [-0.2, 0) is 4.74 Å². The van der Waals surface area contributed by atoms with Gasteiger partial charge >= 0.3 is 0 Å². The molecule has 2 fully saturated rings. The Hall–Kier alpha value is -2.41. The fraction of sp³-hybridized carbons (Fsp3) is 0.500. The molecule has 2 aromatic heterocycles. The topological polar surface area (TPSA) is 63.6 Å². The van der Waals surface area contributed by atoms with Gasteiger partial charge in [0.1, 0.15) is 23.6 Å². The van der Waals surface area contributed by atoms with Crippen molar-refractivity contribution in [2.24, 2.45) is 0 Å². The minimum Gasteiger partial charge on any atom is -0.481 e. The Morgan fingerprint density at radius 1 is 1.08 bits per heavy atom. The van der Waals surface area contributed by atoms with Crippen molar-refractivity contribution in [1.82, 2.24) is 15.0 Å². The van der Waals surface area contributed by atoms with Gasteiger partial charge in [-0.05, 0) is 25.0 Å². The lowest BCUT2D eigenvalue weighted by molar-refractivity contribution is -0.0632. The van der Waals surface area contributed by atoms with E-state index in [0.717, 1.165) is 50.7 Å². The quantitative estimate of drug-likeness (QED) is 0.843. The molecule has 2 saturated heterocycles. The molecule has 2 aliphatic rings. The Labute approximate surface area is 147 Å². The van der Waals surface area contributed by atoms with Crippen molar-refractivity contribution < 1.29 is 9.47 Å². The molecule has 0 N–H and O–H groups in total. The Balaban J connectivity index is 1.53. The number of aromatic nitrogens is 3. The van der Waals surface area contributed by atoms with Crippen LogP contribution in [-0.4, -0.2) is 60.4 Å². The molecule has 0 aliphatic carbocycles. The lowest BCUT2D eigenvalue weighted by Crippen LogP contribution is -2.60. The number of hydrogen-bond donors (Lipinski definition) is 0. The molecule has 1 spiro atoms. The van der Waals surface area contributed by atoms with Gasteiger partial charge in [0.15, 0.2) is 0 Å². The van der Waals surface area contributed by atoms with Crippen LogP contribution in [0.1, 0.15) is 12.8 Å². The highest BCUT2D eigenvalue weighted by Gasteiger charge is 2.41. The molecular weight excluding hydrogens is 318 g/mol. The molecule has 1 atom stereocenters. The van der Waals surface area contributed by atoms with Crippen LogP contribution < -0.4 is 14.5 Å². The summed E-state index contributed by atoms with van der Waals surface area (Å²) >= 11 is 0. The van der Waals surface area contributed by atoms with Gasteiger partial charge in [-0.25, -0.2) is 15.0 Å². The van der Waals surface area contributed by atoms with Crippen LogP contribution in [0.5, 0.6) is 5.88 Å². The summed E-state index contributed by atoms with van der Waals surface area (Å²) in [5.74, 6) is 2.50. The first-order valence-electron chi connectivity index (χ1n) is 8.69. The first kappa shape index (κ1) is 16.1. The van der Waals surface area contributed by atoms with Crippen molar-refractivity contribution in [3.8, 4) is 5.88 Å². The van der Waals surface area contributed by atoms with Crippen molar-refractivity contribution in [3.63, 3.8) is 0 Å². The highest BCUT2D eigenvalue weighted by Crippen LogP contribution is 2.32. The van der Waals surface area contributed by atoms with Crippen LogP contribution >= 0.6 is 0 Å². The van der Waals surface area contributed by atoms with Gasteiger partial charge in [0, 0.05) is 25.4 Å². The van der Waals surface area contributed by atoms with Crippen LogP contribution in [0.2, 0.25) is 0 Å². The first-order chi connectivity index (χ1) is 12.3. The smallest absolute Gasteiger partial charge is 0.218 e. The largest absolute Gasteiger partial charge is 0.481 e. The third-order valence-corrected chi connectivity index (χ3v) is 4.92. The summed E-state index contributed by atoms with van der Waals surface area (Å²) in [6.07, 6.45) is 5.54. The Morgan fingerprint density at radius 2 is 1.96 bits per heavy atom. The van der Waals surface area contributed by atoms with Gasteiger partial charge in [-0.3, -0.25) is 0 Å². The normalized spacial score (nSPS) is 23.7. The number of ether oxygens (including phenoxy) is 2. The zero-order valence-electron chi connectivity index (χ0n) is 14.5. The lowest BCUT2D eigenvalue weighted by atomic mass is 9.90. The van der Waals surface area contributed by atoms with E-state index in [2.05, 4.69) is 30.8 Å². The average Bonchev–Trinajstić information content (AvgIpc) is 2.69. The molecule has 7 nitrogen and oxygen atoms in total. The fourth-order valence-corrected chi connectivity index (χ4v) is 3.74. The maximum Gasteiger partial charge on any atom is 0.218 e. The molecule has 0 saturated carbocycles.